The highest BCUT2D eigenvalue weighted by Crippen LogP contribution is 2.12. The van der Waals surface area contributed by atoms with Crippen molar-refractivity contribution in [3.8, 4) is 0 Å². The van der Waals surface area contributed by atoms with Gasteiger partial charge in [-0.15, -0.1) is 0 Å². The van der Waals surface area contributed by atoms with Crippen molar-refractivity contribution in [1.82, 2.24) is 4.90 Å². The zero-order valence-electron chi connectivity index (χ0n) is 9.34. The number of hydrogen-bond donors (Lipinski definition) is 0. The Balaban J connectivity index is 1.94. The van der Waals surface area contributed by atoms with Gasteiger partial charge in [0, 0.05) is 26.2 Å². The van der Waals surface area contributed by atoms with E-state index in [2.05, 4.69) is 18.7 Å². The maximum Gasteiger partial charge on any atom is 0.114 e. The summed E-state index contributed by atoms with van der Waals surface area (Å²) in [6.07, 6.45) is 2.58. The SMILES string of the molecule is CCC(C)OCCCN1CCC(F)C1. The second-order valence-electron chi connectivity index (χ2n) is 4.13. The average molecular weight is 203 g/mol. The smallest absolute Gasteiger partial charge is 0.114 e. The molecular weight excluding hydrogens is 181 g/mol. The largest absolute Gasteiger partial charge is 0.378 e. The molecule has 0 aromatic heterocycles. The zero-order chi connectivity index (χ0) is 10.4. The first kappa shape index (κ1) is 11.9. The van der Waals surface area contributed by atoms with Crippen molar-refractivity contribution >= 4 is 0 Å². The number of halogens is 1. The van der Waals surface area contributed by atoms with Crippen LogP contribution in [-0.2, 0) is 4.74 Å². The Labute approximate surface area is 86.4 Å². The fraction of sp³-hybridized carbons (Fsp3) is 1.00. The predicted molar refractivity (Wildman–Crippen MR) is 56.3 cm³/mol. The molecule has 84 valence electrons. The van der Waals surface area contributed by atoms with Crippen LogP contribution in [0.3, 0.4) is 0 Å². The summed E-state index contributed by atoms with van der Waals surface area (Å²) in [5, 5.41) is 0. The topological polar surface area (TPSA) is 12.5 Å². The van der Waals surface area contributed by atoms with Crippen molar-refractivity contribution in [3.05, 3.63) is 0 Å². The Morgan fingerprint density at radius 2 is 2.36 bits per heavy atom. The molecule has 3 heteroatoms. The van der Waals surface area contributed by atoms with Gasteiger partial charge in [0.15, 0.2) is 0 Å². The Morgan fingerprint density at radius 1 is 1.57 bits per heavy atom. The maximum absolute atomic E-state index is 12.8. The van der Waals surface area contributed by atoms with Gasteiger partial charge in [0.25, 0.3) is 0 Å². The van der Waals surface area contributed by atoms with Crippen molar-refractivity contribution in [2.75, 3.05) is 26.2 Å². The van der Waals surface area contributed by atoms with Crippen LogP contribution >= 0.6 is 0 Å². The van der Waals surface area contributed by atoms with Crippen molar-refractivity contribution in [3.63, 3.8) is 0 Å². The van der Waals surface area contributed by atoms with E-state index in [4.69, 9.17) is 4.74 Å². The summed E-state index contributed by atoms with van der Waals surface area (Å²) in [6, 6.07) is 0. The number of rotatable bonds is 6. The first-order valence-electron chi connectivity index (χ1n) is 5.70. The van der Waals surface area contributed by atoms with Gasteiger partial charge in [-0.2, -0.15) is 0 Å². The molecule has 1 rings (SSSR count). The zero-order valence-corrected chi connectivity index (χ0v) is 9.34. The van der Waals surface area contributed by atoms with Gasteiger partial charge in [-0.1, -0.05) is 6.92 Å². The van der Waals surface area contributed by atoms with E-state index in [0.717, 1.165) is 32.5 Å². The second-order valence-corrected chi connectivity index (χ2v) is 4.13. The molecule has 1 aliphatic heterocycles. The molecule has 0 N–H and O–H groups in total. The Morgan fingerprint density at radius 3 is 2.93 bits per heavy atom. The van der Waals surface area contributed by atoms with E-state index in [-0.39, 0.29) is 0 Å². The Bertz CT molecular complexity index is 154. The molecule has 0 radical (unpaired) electrons. The summed E-state index contributed by atoms with van der Waals surface area (Å²) in [5.41, 5.74) is 0. The minimum absolute atomic E-state index is 0.363. The number of ether oxygens (including phenoxy) is 1. The number of nitrogens with zero attached hydrogens (tertiary/aromatic N) is 1. The van der Waals surface area contributed by atoms with Crippen LogP contribution < -0.4 is 0 Å². The lowest BCUT2D eigenvalue weighted by Gasteiger charge is -2.15. The van der Waals surface area contributed by atoms with Gasteiger partial charge in [-0.25, -0.2) is 4.39 Å². The lowest BCUT2D eigenvalue weighted by Crippen LogP contribution is -2.23. The molecule has 1 saturated heterocycles. The molecule has 2 unspecified atom stereocenters. The third kappa shape index (κ3) is 4.38. The van der Waals surface area contributed by atoms with Gasteiger partial charge in [-0.05, 0) is 26.2 Å². The number of alkyl halides is 1. The molecule has 1 heterocycles. The standard InChI is InChI=1S/C11H22FNO/c1-3-10(2)14-8-4-6-13-7-5-11(12)9-13/h10-11H,3-9H2,1-2H3. The molecule has 0 amide bonds. The van der Waals surface area contributed by atoms with Crippen molar-refractivity contribution in [1.29, 1.82) is 0 Å². The lowest BCUT2D eigenvalue weighted by molar-refractivity contribution is 0.0574. The molecule has 0 bridgehead atoms. The molecule has 0 aliphatic carbocycles. The highest BCUT2D eigenvalue weighted by atomic mass is 19.1. The first-order valence-corrected chi connectivity index (χ1v) is 5.70. The summed E-state index contributed by atoms with van der Waals surface area (Å²) in [4.78, 5) is 2.19. The fourth-order valence-corrected chi connectivity index (χ4v) is 1.68. The molecule has 0 aromatic rings. The van der Waals surface area contributed by atoms with E-state index in [1.165, 1.54) is 0 Å². The van der Waals surface area contributed by atoms with Gasteiger partial charge in [0.1, 0.15) is 6.17 Å². The maximum atomic E-state index is 12.8. The van der Waals surface area contributed by atoms with Gasteiger partial charge in [-0.3, -0.25) is 0 Å². The van der Waals surface area contributed by atoms with Crippen LogP contribution in [0.4, 0.5) is 4.39 Å². The van der Waals surface area contributed by atoms with Crippen LogP contribution in [0.25, 0.3) is 0 Å². The number of hydrogen-bond acceptors (Lipinski definition) is 2. The molecule has 0 aromatic carbocycles. The Kier molecular flexibility index (Phi) is 5.41. The van der Waals surface area contributed by atoms with Crippen molar-refractivity contribution in [2.24, 2.45) is 0 Å². The Hall–Kier alpha value is -0.150. The predicted octanol–water partition coefficient (Wildman–Crippen LogP) is 2.24. The molecule has 2 nitrogen and oxygen atoms in total. The van der Waals surface area contributed by atoms with Gasteiger partial charge in [0.05, 0.1) is 6.10 Å². The van der Waals surface area contributed by atoms with Crippen molar-refractivity contribution in [2.45, 2.75) is 45.4 Å². The third-order valence-corrected chi connectivity index (χ3v) is 2.81. The molecule has 14 heavy (non-hydrogen) atoms. The van der Waals surface area contributed by atoms with E-state index in [0.29, 0.717) is 19.1 Å². The van der Waals surface area contributed by atoms with Gasteiger partial charge in [0.2, 0.25) is 0 Å². The minimum atomic E-state index is -0.592. The highest BCUT2D eigenvalue weighted by molar-refractivity contribution is 4.74. The van der Waals surface area contributed by atoms with Crippen LogP contribution in [-0.4, -0.2) is 43.4 Å². The van der Waals surface area contributed by atoms with Crippen LogP contribution in [0.15, 0.2) is 0 Å². The molecule has 0 saturated carbocycles. The molecular formula is C11H22FNO. The van der Waals surface area contributed by atoms with Crippen LogP contribution in [0, 0.1) is 0 Å². The highest BCUT2D eigenvalue weighted by Gasteiger charge is 2.20. The van der Waals surface area contributed by atoms with Crippen LogP contribution in [0.1, 0.15) is 33.1 Å². The monoisotopic (exact) mass is 203 g/mol. The summed E-state index contributed by atoms with van der Waals surface area (Å²) >= 11 is 0. The summed E-state index contributed by atoms with van der Waals surface area (Å²) in [6.45, 7) is 7.55. The van der Waals surface area contributed by atoms with Crippen LogP contribution in [0.5, 0.6) is 0 Å². The summed E-state index contributed by atoms with van der Waals surface area (Å²) in [7, 11) is 0. The summed E-state index contributed by atoms with van der Waals surface area (Å²) < 4.78 is 18.4. The molecule has 0 spiro atoms. The third-order valence-electron chi connectivity index (χ3n) is 2.81. The molecule has 1 fully saturated rings. The number of likely N-dealkylation sites (tertiary alicyclic amines) is 1. The van der Waals surface area contributed by atoms with E-state index >= 15 is 0 Å². The van der Waals surface area contributed by atoms with E-state index in [1.54, 1.807) is 0 Å². The quantitative estimate of drug-likeness (QED) is 0.614. The molecule has 1 aliphatic rings. The minimum Gasteiger partial charge on any atom is -0.378 e. The normalized spacial score (nSPS) is 25.5. The van der Waals surface area contributed by atoms with Gasteiger partial charge >= 0.3 is 0 Å². The van der Waals surface area contributed by atoms with Gasteiger partial charge < -0.3 is 9.64 Å². The van der Waals surface area contributed by atoms with E-state index in [9.17, 15) is 4.39 Å². The lowest BCUT2D eigenvalue weighted by atomic mass is 10.3. The molecule has 2 atom stereocenters. The van der Waals surface area contributed by atoms with E-state index < -0.39 is 6.17 Å². The summed E-state index contributed by atoms with van der Waals surface area (Å²) in [5.74, 6) is 0. The van der Waals surface area contributed by atoms with E-state index in [1.807, 2.05) is 0 Å². The fourth-order valence-electron chi connectivity index (χ4n) is 1.68. The second kappa shape index (κ2) is 6.36. The van der Waals surface area contributed by atoms with Crippen molar-refractivity contribution < 1.29 is 9.13 Å². The first-order chi connectivity index (χ1) is 6.72. The average Bonchev–Trinajstić information content (AvgIpc) is 2.58. The van der Waals surface area contributed by atoms with Crippen LogP contribution in [0.2, 0.25) is 0 Å².